The molecule has 0 radical (unpaired) electrons. The van der Waals surface area contributed by atoms with Crippen molar-refractivity contribution < 1.29 is 4.39 Å². The van der Waals surface area contributed by atoms with Crippen molar-refractivity contribution in [3.05, 3.63) is 30.1 Å². The Balaban J connectivity index is 1.71. The van der Waals surface area contributed by atoms with Crippen molar-refractivity contribution in [1.29, 1.82) is 0 Å². The van der Waals surface area contributed by atoms with E-state index in [0.717, 1.165) is 18.2 Å². The van der Waals surface area contributed by atoms with Gasteiger partial charge < -0.3 is 10.2 Å². The molecule has 4 rings (SSSR count). The molecule has 0 aromatic heterocycles. The Morgan fingerprint density at radius 1 is 1.25 bits per heavy atom. The minimum Gasteiger partial charge on any atom is -0.381 e. The molecule has 1 atom stereocenters. The summed E-state index contributed by atoms with van der Waals surface area (Å²) in [6.45, 7) is 3.60. The van der Waals surface area contributed by atoms with Gasteiger partial charge in [0.1, 0.15) is 5.82 Å². The number of anilines is 1. The average molecular weight is 220 g/mol. The molecule has 0 saturated carbocycles. The molecule has 16 heavy (non-hydrogen) atoms. The number of rotatable bonds is 2. The zero-order valence-electron chi connectivity index (χ0n) is 9.32. The predicted octanol–water partition coefficient (Wildman–Crippen LogP) is 2.33. The molecular weight excluding hydrogens is 203 g/mol. The Bertz CT molecular complexity index is 372. The van der Waals surface area contributed by atoms with E-state index in [1.165, 1.54) is 32.0 Å². The third-order valence-corrected chi connectivity index (χ3v) is 3.83. The summed E-state index contributed by atoms with van der Waals surface area (Å²) in [7, 11) is 0. The largest absolute Gasteiger partial charge is 0.381 e. The van der Waals surface area contributed by atoms with Gasteiger partial charge in [0.15, 0.2) is 0 Å². The molecule has 86 valence electrons. The Kier molecular flexibility index (Phi) is 2.56. The molecule has 1 aromatic carbocycles. The fraction of sp³-hybridized carbons (Fsp3) is 0.538. The number of halogens is 1. The summed E-state index contributed by atoms with van der Waals surface area (Å²) in [6.07, 6.45) is 2.57. The maximum Gasteiger partial charge on any atom is 0.125 e. The molecule has 3 fully saturated rings. The van der Waals surface area contributed by atoms with Gasteiger partial charge in [-0.2, -0.15) is 0 Å². The van der Waals surface area contributed by atoms with E-state index < -0.39 is 0 Å². The highest BCUT2D eigenvalue weighted by Crippen LogP contribution is 2.29. The van der Waals surface area contributed by atoms with E-state index in [4.69, 9.17) is 0 Å². The number of fused-ring (bicyclic) bond motifs is 3. The number of benzene rings is 1. The van der Waals surface area contributed by atoms with Gasteiger partial charge in [-0.15, -0.1) is 0 Å². The van der Waals surface area contributed by atoms with Gasteiger partial charge in [0, 0.05) is 18.3 Å². The van der Waals surface area contributed by atoms with Crippen molar-refractivity contribution in [2.24, 2.45) is 5.92 Å². The second-order valence-electron chi connectivity index (χ2n) is 4.90. The van der Waals surface area contributed by atoms with E-state index >= 15 is 0 Å². The lowest BCUT2D eigenvalue weighted by Crippen LogP contribution is -2.53. The molecule has 3 saturated heterocycles. The van der Waals surface area contributed by atoms with Crippen LogP contribution in [0.1, 0.15) is 12.8 Å². The Labute approximate surface area is 95.4 Å². The first-order chi connectivity index (χ1) is 7.81. The monoisotopic (exact) mass is 220 g/mol. The average Bonchev–Trinajstić information content (AvgIpc) is 2.30. The van der Waals surface area contributed by atoms with Crippen LogP contribution in [0.5, 0.6) is 0 Å². The van der Waals surface area contributed by atoms with Crippen LogP contribution in [0.4, 0.5) is 10.1 Å². The minimum atomic E-state index is -0.161. The molecule has 1 aromatic rings. The molecule has 0 aliphatic carbocycles. The standard InChI is InChI=1S/C13H17FN2/c14-11-2-1-3-12(8-11)15-13-9-16-6-4-10(13)5-7-16/h1-3,8,10,13,15H,4-7,9H2/t13-/m1/s1. The van der Waals surface area contributed by atoms with Crippen LogP contribution in [0, 0.1) is 11.7 Å². The molecule has 0 amide bonds. The van der Waals surface area contributed by atoms with Crippen LogP contribution in [0.25, 0.3) is 0 Å². The lowest BCUT2D eigenvalue weighted by molar-refractivity contribution is 0.0975. The predicted molar refractivity (Wildman–Crippen MR) is 63.0 cm³/mol. The molecular formula is C13H17FN2. The summed E-state index contributed by atoms with van der Waals surface area (Å²) >= 11 is 0. The van der Waals surface area contributed by atoms with Crippen LogP contribution in [-0.4, -0.2) is 30.6 Å². The summed E-state index contributed by atoms with van der Waals surface area (Å²) in [4.78, 5) is 2.50. The SMILES string of the molecule is Fc1cccc(N[C@@H]2CN3CCC2CC3)c1. The van der Waals surface area contributed by atoms with E-state index in [-0.39, 0.29) is 5.82 Å². The molecule has 3 heteroatoms. The van der Waals surface area contributed by atoms with Crippen molar-refractivity contribution in [1.82, 2.24) is 4.90 Å². The highest BCUT2D eigenvalue weighted by Gasteiger charge is 2.33. The maximum absolute atomic E-state index is 13.1. The Morgan fingerprint density at radius 2 is 2.06 bits per heavy atom. The van der Waals surface area contributed by atoms with Gasteiger partial charge >= 0.3 is 0 Å². The van der Waals surface area contributed by atoms with Crippen molar-refractivity contribution >= 4 is 5.69 Å². The zero-order valence-corrected chi connectivity index (χ0v) is 9.32. The highest BCUT2D eigenvalue weighted by molar-refractivity contribution is 5.44. The number of hydrogen-bond acceptors (Lipinski definition) is 2. The smallest absolute Gasteiger partial charge is 0.125 e. The first-order valence-corrected chi connectivity index (χ1v) is 6.06. The quantitative estimate of drug-likeness (QED) is 0.823. The fourth-order valence-electron chi connectivity index (χ4n) is 2.92. The van der Waals surface area contributed by atoms with Crippen LogP contribution < -0.4 is 5.32 Å². The highest BCUT2D eigenvalue weighted by atomic mass is 19.1. The zero-order chi connectivity index (χ0) is 11.0. The molecule has 3 aliphatic rings. The van der Waals surface area contributed by atoms with Crippen molar-refractivity contribution in [2.45, 2.75) is 18.9 Å². The summed E-state index contributed by atoms with van der Waals surface area (Å²) < 4.78 is 13.1. The molecule has 2 bridgehead atoms. The lowest BCUT2D eigenvalue weighted by atomic mass is 9.84. The number of piperidine rings is 3. The number of nitrogens with one attached hydrogen (secondary N) is 1. The van der Waals surface area contributed by atoms with E-state index in [9.17, 15) is 4.39 Å². The molecule has 3 aliphatic heterocycles. The summed E-state index contributed by atoms with van der Waals surface area (Å²) in [6, 6.07) is 7.28. The van der Waals surface area contributed by atoms with Crippen molar-refractivity contribution in [2.75, 3.05) is 25.0 Å². The van der Waals surface area contributed by atoms with Crippen LogP contribution in [0.3, 0.4) is 0 Å². The molecule has 0 unspecified atom stereocenters. The van der Waals surface area contributed by atoms with Crippen molar-refractivity contribution in [3.8, 4) is 0 Å². The third kappa shape index (κ3) is 1.92. The fourth-order valence-corrected chi connectivity index (χ4v) is 2.92. The normalized spacial score (nSPS) is 32.7. The summed E-state index contributed by atoms with van der Waals surface area (Å²) in [5.41, 5.74) is 0.916. The molecule has 0 spiro atoms. The lowest BCUT2D eigenvalue weighted by Gasteiger charge is -2.45. The summed E-state index contributed by atoms with van der Waals surface area (Å²) in [5.74, 6) is 0.611. The van der Waals surface area contributed by atoms with Gasteiger partial charge in [0.25, 0.3) is 0 Å². The molecule has 1 N–H and O–H groups in total. The van der Waals surface area contributed by atoms with Gasteiger partial charge in [-0.05, 0) is 50.0 Å². The maximum atomic E-state index is 13.1. The first kappa shape index (κ1) is 10.1. The molecule has 3 heterocycles. The summed E-state index contributed by atoms with van der Waals surface area (Å²) in [5, 5.41) is 3.47. The van der Waals surface area contributed by atoms with Gasteiger partial charge in [-0.25, -0.2) is 4.39 Å². The third-order valence-electron chi connectivity index (χ3n) is 3.83. The number of hydrogen-bond donors (Lipinski definition) is 1. The topological polar surface area (TPSA) is 15.3 Å². The van der Waals surface area contributed by atoms with Crippen LogP contribution >= 0.6 is 0 Å². The van der Waals surface area contributed by atoms with Gasteiger partial charge in [-0.3, -0.25) is 0 Å². The van der Waals surface area contributed by atoms with E-state index in [2.05, 4.69) is 10.2 Å². The second-order valence-corrected chi connectivity index (χ2v) is 4.90. The first-order valence-electron chi connectivity index (χ1n) is 6.06. The van der Waals surface area contributed by atoms with Gasteiger partial charge in [-0.1, -0.05) is 6.07 Å². The van der Waals surface area contributed by atoms with Gasteiger partial charge in [0.05, 0.1) is 0 Å². The van der Waals surface area contributed by atoms with E-state index in [1.807, 2.05) is 6.07 Å². The van der Waals surface area contributed by atoms with Crippen LogP contribution in [-0.2, 0) is 0 Å². The second kappa shape index (κ2) is 4.06. The van der Waals surface area contributed by atoms with Crippen LogP contribution in [0.2, 0.25) is 0 Å². The number of nitrogens with zero attached hydrogens (tertiary/aromatic N) is 1. The Morgan fingerprint density at radius 3 is 2.69 bits per heavy atom. The van der Waals surface area contributed by atoms with E-state index in [0.29, 0.717) is 6.04 Å². The minimum absolute atomic E-state index is 0.161. The van der Waals surface area contributed by atoms with Crippen LogP contribution in [0.15, 0.2) is 24.3 Å². The van der Waals surface area contributed by atoms with Gasteiger partial charge in [0.2, 0.25) is 0 Å². The Hall–Kier alpha value is -1.09. The van der Waals surface area contributed by atoms with Crippen molar-refractivity contribution in [3.63, 3.8) is 0 Å². The van der Waals surface area contributed by atoms with E-state index in [1.54, 1.807) is 12.1 Å². The molecule has 2 nitrogen and oxygen atoms in total.